The van der Waals surface area contributed by atoms with Crippen molar-refractivity contribution in [1.82, 2.24) is 25.5 Å². The summed E-state index contributed by atoms with van der Waals surface area (Å²) in [7, 11) is 0. The molecule has 4 aromatic rings. The number of aliphatic hydroxyl groups excluding tert-OH is 1. The molecule has 0 saturated carbocycles. The fraction of sp³-hybridized carbons (Fsp3) is 0.344. The number of carboxylic acids is 1. The van der Waals surface area contributed by atoms with Crippen LogP contribution in [0.25, 0.3) is 5.69 Å². The van der Waals surface area contributed by atoms with Gasteiger partial charge >= 0.3 is 5.97 Å². The van der Waals surface area contributed by atoms with Gasteiger partial charge in [-0.2, -0.15) is 4.68 Å². The average molecular weight is 634 g/mol. The number of phenols is 1. The fourth-order valence-corrected chi connectivity index (χ4v) is 6.03. The second-order valence-electron chi connectivity index (χ2n) is 10.8. The third-order valence-electron chi connectivity index (χ3n) is 7.57. The second-order valence-corrected chi connectivity index (χ2v) is 11.8. The number of aliphatic hydroxyl groups is 1. The van der Waals surface area contributed by atoms with Crippen molar-refractivity contribution in [3.05, 3.63) is 95.1 Å². The van der Waals surface area contributed by atoms with E-state index in [9.17, 15) is 19.8 Å². The molecule has 1 saturated heterocycles. The molecule has 0 bridgehead atoms. The summed E-state index contributed by atoms with van der Waals surface area (Å²) in [4.78, 5) is 22.7. The summed E-state index contributed by atoms with van der Waals surface area (Å²) in [5, 5.41) is 43.5. The number of benzene rings is 3. The molecule has 12 nitrogen and oxygen atoms in total. The first-order valence-electron chi connectivity index (χ1n) is 14.6. The van der Waals surface area contributed by atoms with Gasteiger partial charge in [0, 0.05) is 36.6 Å². The smallest absolute Gasteiger partial charge is 0.303 e. The molecule has 1 aliphatic heterocycles. The maximum Gasteiger partial charge on any atom is 0.303 e. The number of aromatic hydroxyl groups is 1. The number of hydrogen-bond donors (Lipinski definition) is 4. The molecule has 4 atom stereocenters. The van der Waals surface area contributed by atoms with Crippen molar-refractivity contribution in [2.45, 2.75) is 63.0 Å². The van der Waals surface area contributed by atoms with Gasteiger partial charge in [0.1, 0.15) is 5.75 Å². The van der Waals surface area contributed by atoms with Crippen LogP contribution in [0.2, 0.25) is 0 Å². The number of thioether (sulfide) groups is 1. The van der Waals surface area contributed by atoms with Crippen molar-refractivity contribution in [3.63, 3.8) is 0 Å². The highest BCUT2D eigenvalue weighted by atomic mass is 32.2. The lowest BCUT2D eigenvalue weighted by atomic mass is 9.91. The zero-order valence-corrected chi connectivity index (χ0v) is 25.5. The van der Waals surface area contributed by atoms with Gasteiger partial charge < -0.3 is 30.1 Å². The first-order valence-corrected chi connectivity index (χ1v) is 15.6. The topological polar surface area (TPSA) is 169 Å². The maximum absolute atomic E-state index is 12.1. The van der Waals surface area contributed by atoms with Crippen LogP contribution in [0.4, 0.5) is 0 Å². The van der Waals surface area contributed by atoms with E-state index in [1.165, 1.54) is 11.8 Å². The summed E-state index contributed by atoms with van der Waals surface area (Å²) >= 11 is 1.46. The Morgan fingerprint density at radius 3 is 2.31 bits per heavy atom. The second kappa shape index (κ2) is 15.1. The largest absolute Gasteiger partial charge is 0.508 e. The molecule has 1 amide bonds. The van der Waals surface area contributed by atoms with Crippen LogP contribution in [-0.2, 0) is 32.2 Å². The summed E-state index contributed by atoms with van der Waals surface area (Å²) in [5.41, 5.74) is 4.21. The van der Waals surface area contributed by atoms with E-state index >= 15 is 0 Å². The Morgan fingerprint density at radius 1 is 0.933 bits per heavy atom. The minimum absolute atomic E-state index is 0.0380. The number of phenolic OH excluding ortho intramolecular Hbond substituents is 1. The van der Waals surface area contributed by atoms with Gasteiger partial charge in [-0.15, -0.1) is 5.10 Å². The van der Waals surface area contributed by atoms with Gasteiger partial charge in [0.2, 0.25) is 11.1 Å². The normalized spacial score (nSPS) is 19.7. The number of amides is 1. The lowest BCUT2D eigenvalue weighted by Gasteiger charge is -2.41. The van der Waals surface area contributed by atoms with E-state index in [2.05, 4.69) is 27.8 Å². The SMILES string of the molecule is C[C@H]1[C@@H](CSc2nnnn2-c2ccc(O)cc2)O[C@@H](c2ccc(CNC(=O)CCCC(=O)O)cc2)O[C@H]1c1ccc(CO)cc1. The number of carboxylic acid groups (broad SMARTS) is 1. The van der Waals surface area contributed by atoms with Crippen LogP contribution in [-0.4, -0.2) is 59.3 Å². The Kier molecular flexibility index (Phi) is 10.8. The molecule has 0 spiro atoms. The summed E-state index contributed by atoms with van der Waals surface area (Å²) in [6.45, 7) is 2.36. The quantitative estimate of drug-likeness (QED) is 0.155. The summed E-state index contributed by atoms with van der Waals surface area (Å²) in [6.07, 6.45) is -0.783. The molecule has 2 heterocycles. The highest BCUT2D eigenvalue weighted by Gasteiger charge is 2.38. The number of rotatable bonds is 13. The van der Waals surface area contributed by atoms with Gasteiger partial charge in [-0.3, -0.25) is 9.59 Å². The van der Waals surface area contributed by atoms with Crippen LogP contribution >= 0.6 is 11.8 Å². The molecule has 5 rings (SSSR count). The van der Waals surface area contributed by atoms with Crippen LogP contribution in [0, 0.1) is 5.92 Å². The molecule has 0 radical (unpaired) electrons. The summed E-state index contributed by atoms with van der Waals surface area (Å²) in [6, 6.07) is 22.0. The van der Waals surface area contributed by atoms with E-state index in [-0.39, 0.29) is 49.2 Å². The van der Waals surface area contributed by atoms with E-state index in [4.69, 9.17) is 14.6 Å². The van der Waals surface area contributed by atoms with Crippen LogP contribution in [0.5, 0.6) is 5.75 Å². The van der Waals surface area contributed by atoms with Crippen LogP contribution in [0.1, 0.15) is 60.8 Å². The third-order valence-corrected chi connectivity index (χ3v) is 8.58. The molecule has 1 fully saturated rings. The summed E-state index contributed by atoms with van der Waals surface area (Å²) < 4.78 is 14.7. The van der Waals surface area contributed by atoms with Gasteiger partial charge in [-0.05, 0) is 57.8 Å². The van der Waals surface area contributed by atoms with E-state index in [0.717, 1.165) is 27.9 Å². The summed E-state index contributed by atoms with van der Waals surface area (Å²) in [5.74, 6) is -0.459. The van der Waals surface area contributed by atoms with Gasteiger partial charge in [-0.1, -0.05) is 67.2 Å². The molecule has 236 valence electrons. The van der Waals surface area contributed by atoms with Gasteiger partial charge in [0.15, 0.2) is 6.29 Å². The Morgan fingerprint density at radius 2 is 1.62 bits per heavy atom. The molecule has 1 aliphatic rings. The van der Waals surface area contributed by atoms with Crippen LogP contribution < -0.4 is 5.32 Å². The Bertz CT molecular complexity index is 1560. The molecule has 13 heteroatoms. The predicted molar refractivity (Wildman–Crippen MR) is 164 cm³/mol. The van der Waals surface area contributed by atoms with Crippen molar-refractivity contribution < 1.29 is 34.4 Å². The van der Waals surface area contributed by atoms with E-state index < -0.39 is 12.3 Å². The third kappa shape index (κ3) is 8.45. The number of nitrogens with one attached hydrogen (secondary N) is 1. The Labute approximate surface area is 264 Å². The predicted octanol–water partition coefficient (Wildman–Crippen LogP) is 4.32. The zero-order valence-electron chi connectivity index (χ0n) is 24.7. The number of aliphatic carboxylic acids is 1. The average Bonchev–Trinajstić information content (AvgIpc) is 3.52. The van der Waals surface area contributed by atoms with Crippen LogP contribution in [0.15, 0.2) is 78.0 Å². The highest BCUT2D eigenvalue weighted by Crippen LogP contribution is 2.43. The van der Waals surface area contributed by atoms with E-state index in [1.807, 2.05) is 48.5 Å². The molecule has 1 aromatic heterocycles. The van der Waals surface area contributed by atoms with Crippen molar-refractivity contribution >= 4 is 23.6 Å². The van der Waals surface area contributed by atoms with Crippen molar-refractivity contribution in [2.24, 2.45) is 5.92 Å². The molecule has 3 aromatic carbocycles. The van der Waals surface area contributed by atoms with Crippen molar-refractivity contribution in [3.8, 4) is 11.4 Å². The van der Waals surface area contributed by atoms with Crippen molar-refractivity contribution in [2.75, 3.05) is 5.75 Å². The Balaban J connectivity index is 1.29. The number of carbonyl (C=O) groups excluding carboxylic acids is 1. The first kappa shape index (κ1) is 32.1. The lowest BCUT2D eigenvalue weighted by molar-refractivity contribution is -0.268. The molecular formula is C32H35N5O7S. The molecule has 0 unspecified atom stereocenters. The molecule has 0 aliphatic carbocycles. The number of carbonyl (C=O) groups is 2. The number of nitrogens with zero attached hydrogens (tertiary/aromatic N) is 4. The number of aromatic nitrogens is 4. The van der Waals surface area contributed by atoms with Crippen molar-refractivity contribution in [1.29, 1.82) is 0 Å². The maximum atomic E-state index is 12.1. The highest BCUT2D eigenvalue weighted by molar-refractivity contribution is 7.99. The van der Waals surface area contributed by atoms with E-state index in [1.54, 1.807) is 28.9 Å². The number of hydrogen-bond acceptors (Lipinski definition) is 10. The lowest BCUT2D eigenvalue weighted by Crippen LogP contribution is -2.38. The molecule has 4 N–H and O–H groups in total. The minimum atomic E-state index is -0.917. The minimum Gasteiger partial charge on any atom is -0.508 e. The number of ether oxygens (including phenoxy) is 2. The van der Waals surface area contributed by atoms with E-state index in [0.29, 0.717) is 23.9 Å². The Hall–Kier alpha value is -4.30. The van der Waals surface area contributed by atoms with Gasteiger partial charge in [0.05, 0.1) is 24.5 Å². The standard InChI is InChI=1S/C32H35N5O7S/c1-20-27(19-45-32-34-35-36-37(32)25-13-15-26(39)16-14-25)43-31(44-30(20)23-9-7-22(18-38)8-10-23)24-11-5-21(6-12-24)17-33-28(40)3-2-4-29(41)42/h5-16,20,27,30-31,38-39H,2-4,17-19H2,1H3,(H,33,40)(H,41,42)/t20-,27+,30+,31+/m0/s1. The van der Waals surface area contributed by atoms with Crippen LogP contribution in [0.3, 0.4) is 0 Å². The van der Waals surface area contributed by atoms with Gasteiger partial charge in [-0.25, -0.2) is 0 Å². The fourth-order valence-electron chi connectivity index (χ4n) is 4.97. The molecule has 45 heavy (non-hydrogen) atoms. The molecular weight excluding hydrogens is 598 g/mol. The monoisotopic (exact) mass is 633 g/mol. The zero-order chi connectivity index (χ0) is 31.8. The first-order chi connectivity index (χ1) is 21.8. The van der Waals surface area contributed by atoms with Gasteiger partial charge in [0.25, 0.3) is 0 Å². The number of tetrazole rings is 1.